The summed E-state index contributed by atoms with van der Waals surface area (Å²) >= 11 is 2.26. The van der Waals surface area contributed by atoms with Gasteiger partial charge in [-0.05, 0) is 67.0 Å². The number of aryl methyl sites for hydroxylation is 1. The van der Waals surface area contributed by atoms with Crippen LogP contribution in [0.15, 0.2) is 34.2 Å². The molecule has 0 saturated carbocycles. The summed E-state index contributed by atoms with van der Waals surface area (Å²) in [5.74, 6) is 0.373. The summed E-state index contributed by atoms with van der Waals surface area (Å²) in [5, 5.41) is 4.30. The lowest BCUT2D eigenvalue weighted by atomic mass is 10.1. The molecular weight excluding hydrogens is 403 g/mol. The van der Waals surface area contributed by atoms with Crippen molar-refractivity contribution in [3.8, 4) is 0 Å². The van der Waals surface area contributed by atoms with Crippen LogP contribution in [0.4, 0.5) is 5.95 Å². The maximum atomic E-state index is 12.1. The molecule has 0 aliphatic rings. The molecule has 0 bridgehead atoms. The third-order valence-electron chi connectivity index (χ3n) is 3.59. The molecule has 6 heteroatoms. The number of aromatic amines is 1. The Morgan fingerprint density at radius 3 is 2.65 bits per heavy atom. The second-order valence-electron chi connectivity index (χ2n) is 5.40. The van der Waals surface area contributed by atoms with Crippen molar-refractivity contribution in [3.05, 3.63) is 55.0 Å². The molecule has 1 aromatic carbocycles. The lowest BCUT2D eigenvalue weighted by Gasteiger charge is -2.07. The minimum absolute atomic E-state index is 0.0874. The number of H-pyrrole nitrogens is 1. The topological polar surface area (TPSA) is 70.1 Å². The van der Waals surface area contributed by atoms with Crippen molar-refractivity contribution in [3.63, 3.8) is 0 Å². The fourth-order valence-corrected chi connectivity index (χ4v) is 2.56. The Kier molecular flexibility index (Phi) is 6.32. The Morgan fingerprint density at radius 1 is 1.35 bits per heavy atom. The molecule has 2 rings (SSSR count). The number of anilines is 1. The van der Waals surface area contributed by atoms with Crippen molar-refractivity contribution in [1.82, 2.24) is 9.97 Å². The molecule has 0 fully saturated rings. The van der Waals surface area contributed by atoms with Crippen LogP contribution in [0, 0.1) is 10.5 Å². The van der Waals surface area contributed by atoms with Crippen LogP contribution in [-0.2, 0) is 6.42 Å². The second kappa shape index (κ2) is 8.24. The Labute approximate surface area is 149 Å². The molecular formula is C17H21IN4O. The number of hydrogen-bond donors (Lipinski definition) is 2. The number of hydrazone groups is 1. The minimum Gasteiger partial charge on any atom is -0.291 e. The van der Waals surface area contributed by atoms with Gasteiger partial charge in [0.2, 0.25) is 5.95 Å². The maximum Gasteiger partial charge on any atom is 0.255 e. The van der Waals surface area contributed by atoms with E-state index in [1.807, 2.05) is 38.1 Å². The van der Waals surface area contributed by atoms with Gasteiger partial charge < -0.3 is 0 Å². The quantitative estimate of drug-likeness (QED) is 0.420. The zero-order chi connectivity index (χ0) is 16.8. The minimum atomic E-state index is -0.0874. The van der Waals surface area contributed by atoms with Gasteiger partial charge in [-0.15, -0.1) is 0 Å². The second-order valence-corrected chi connectivity index (χ2v) is 6.64. The van der Waals surface area contributed by atoms with Crippen molar-refractivity contribution in [2.75, 3.05) is 5.43 Å². The molecule has 0 aliphatic carbocycles. The fraction of sp³-hybridized carbons (Fsp3) is 0.353. The summed E-state index contributed by atoms with van der Waals surface area (Å²) in [6.45, 7) is 5.88. The van der Waals surface area contributed by atoms with Crippen molar-refractivity contribution < 1.29 is 0 Å². The molecule has 0 radical (unpaired) electrons. The van der Waals surface area contributed by atoms with Gasteiger partial charge >= 0.3 is 0 Å². The SMILES string of the molecule is CCCCc1c(C)nc(NN=C(C)c2ccc(I)cc2)[nH]c1=O. The van der Waals surface area contributed by atoms with Gasteiger partial charge in [0.25, 0.3) is 5.56 Å². The first-order valence-electron chi connectivity index (χ1n) is 7.67. The van der Waals surface area contributed by atoms with E-state index in [1.165, 1.54) is 3.57 Å². The van der Waals surface area contributed by atoms with Crippen LogP contribution in [0.3, 0.4) is 0 Å². The normalized spacial score (nSPS) is 11.6. The summed E-state index contributed by atoms with van der Waals surface area (Å²) in [6.07, 6.45) is 2.80. The van der Waals surface area contributed by atoms with E-state index >= 15 is 0 Å². The molecule has 1 heterocycles. The number of rotatable bonds is 6. The zero-order valence-electron chi connectivity index (χ0n) is 13.6. The van der Waals surface area contributed by atoms with E-state index in [-0.39, 0.29) is 5.56 Å². The van der Waals surface area contributed by atoms with Gasteiger partial charge in [-0.3, -0.25) is 9.78 Å². The Morgan fingerprint density at radius 2 is 2.04 bits per heavy atom. The van der Waals surface area contributed by atoms with Crippen LogP contribution in [0.25, 0.3) is 0 Å². The molecule has 1 aromatic heterocycles. The van der Waals surface area contributed by atoms with Crippen LogP contribution < -0.4 is 11.0 Å². The number of nitrogens with one attached hydrogen (secondary N) is 2. The van der Waals surface area contributed by atoms with E-state index in [4.69, 9.17) is 0 Å². The Balaban J connectivity index is 2.15. The Bertz CT molecular complexity index is 750. The fourth-order valence-electron chi connectivity index (χ4n) is 2.20. The van der Waals surface area contributed by atoms with Crippen LogP contribution >= 0.6 is 22.6 Å². The average Bonchev–Trinajstić information content (AvgIpc) is 2.52. The van der Waals surface area contributed by atoms with Crippen LogP contribution in [0.1, 0.15) is 43.5 Å². The molecule has 0 aliphatic heterocycles. The molecule has 122 valence electrons. The van der Waals surface area contributed by atoms with E-state index in [2.05, 4.69) is 50.0 Å². The summed E-state index contributed by atoms with van der Waals surface area (Å²) in [4.78, 5) is 19.3. The smallest absolute Gasteiger partial charge is 0.255 e. The molecule has 23 heavy (non-hydrogen) atoms. The molecule has 0 spiro atoms. The number of halogens is 1. The highest BCUT2D eigenvalue weighted by Gasteiger charge is 2.07. The summed E-state index contributed by atoms with van der Waals surface area (Å²) < 4.78 is 1.18. The molecule has 0 saturated heterocycles. The highest BCUT2D eigenvalue weighted by atomic mass is 127. The maximum absolute atomic E-state index is 12.1. The van der Waals surface area contributed by atoms with Crippen molar-refractivity contribution in [1.29, 1.82) is 0 Å². The largest absolute Gasteiger partial charge is 0.291 e. The third-order valence-corrected chi connectivity index (χ3v) is 4.31. The molecule has 5 nitrogen and oxygen atoms in total. The van der Waals surface area contributed by atoms with E-state index in [9.17, 15) is 4.79 Å². The molecule has 0 unspecified atom stereocenters. The van der Waals surface area contributed by atoms with E-state index in [1.54, 1.807) is 0 Å². The first-order chi connectivity index (χ1) is 11.0. The van der Waals surface area contributed by atoms with Crippen molar-refractivity contribution in [2.45, 2.75) is 40.0 Å². The average molecular weight is 424 g/mol. The monoisotopic (exact) mass is 424 g/mol. The first-order valence-corrected chi connectivity index (χ1v) is 8.75. The van der Waals surface area contributed by atoms with E-state index in [0.29, 0.717) is 5.95 Å². The van der Waals surface area contributed by atoms with Gasteiger partial charge in [0.15, 0.2) is 0 Å². The highest BCUT2D eigenvalue weighted by molar-refractivity contribution is 14.1. The predicted molar refractivity (Wildman–Crippen MR) is 103 cm³/mol. The van der Waals surface area contributed by atoms with Crippen molar-refractivity contribution >= 4 is 34.3 Å². The number of nitrogens with zero attached hydrogens (tertiary/aromatic N) is 2. The molecule has 2 N–H and O–H groups in total. The summed E-state index contributed by atoms with van der Waals surface area (Å²) in [5.41, 5.74) is 6.13. The van der Waals surface area contributed by atoms with Gasteiger partial charge in [-0.2, -0.15) is 5.10 Å². The predicted octanol–water partition coefficient (Wildman–Crippen LogP) is 3.86. The lowest BCUT2D eigenvalue weighted by Crippen LogP contribution is -2.18. The number of hydrogen-bond acceptors (Lipinski definition) is 4. The van der Waals surface area contributed by atoms with E-state index in [0.717, 1.165) is 41.8 Å². The lowest BCUT2D eigenvalue weighted by molar-refractivity contribution is 0.774. The Hall–Kier alpha value is -1.70. The van der Waals surface area contributed by atoms with Crippen LogP contribution in [0.5, 0.6) is 0 Å². The summed E-state index contributed by atoms with van der Waals surface area (Å²) in [6, 6.07) is 8.08. The van der Waals surface area contributed by atoms with Gasteiger partial charge in [0, 0.05) is 14.8 Å². The van der Waals surface area contributed by atoms with Gasteiger partial charge in [-0.25, -0.2) is 10.4 Å². The number of aromatic nitrogens is 2. The zero-order valence-corrected chi connectivity index (χ0v) is 15.8. The van der Waals surface area contributed by atoms with Gasteiger partial charge in [-0.1, -0.05) is 25.5 Å². The van der Waals surface area contributed by atoms with Crippen LogP contribution in [-0.4, -0.2) is 15.7 Å². The summed E-state index contributed by atoms with van der Waals surface area (Å²) in [7, 11) is 0. The standard InChI is InChI=1S/C17H21IN4O/c1-4-5-6-15-12(3)19-17(20-16(15)23)22-21-11(2)13-7-9-14(18)10-8-13/h7-10H,4-6H2,1-3H3,(H2,19,20,22,23). The van der Waals surface area contributed by atoms with Gasteiger partial charge in [0.1, 0.15) is 0 Å². The number of unbranched alkanes of at least 4 members (excludes halogenated alkanes) is 1. The molecule has 0 amide bonds. The van der Waals surface area contributed by atoms with E-state index < -0.39 is 0 Å². The number of benzene rings is 1. The first kappa shape index (κ1) is 17.7. The van der Waals surface area contributed by atoms with Crippen molar-refractivity contribution in [2.24, 2.45) is 5.10 Å². The van der Waals surface area contributed by atoms with Gasteiger partial charge in [0.05, 0.1) is 5.71 Å². The molecule has 0 atom stereocenters. The third kappa shape index (κ3) is 4.89. The van der Waals surface area contributed by atoms with Crippen LogP contribution in [0.2, 0.25) is 0 Å². The molecule has 2 aromatic rings. The highest BCUT2D eigenvalue weighted by Crippen LogP contribution is 2.09.